The van der Waals surface area contributed by atoms with Gasteiger partial charge in [-0.2, -0.15) is 0 Å². The second-order valence-electron chi connectivity index (χ2n) is 4.40. The van der Waals surface area contributed by atoms with E-state index in [1.807, 2.05) is 18.7 Å². The van der Waals surface area contributed by atoms with Gasteiger partial charge in [0.05, 0.1) is 4.99 Å². The van der Waals surface area contributed by atoms with Gasteiger partial charge in [0.1, 0.15) is 0 Å². The molecule has 0 atom stereocenters. The van der Waals surface area contributed by atoms with Crippen molar-refractivity contribution in [3.05, 3.63) is 0 Å². The molecule has 3 nitrogen and oxygen atoms in total. The fourth-order valence-electron chi connectivity index (χ4n) is 1.50. The summed E-state index contributed by atoms with van der Waals surface area (Å²) in [6, 6.07) is 0. The summed E-state index contributed by atoms with van der Waals surface area (Å²) >= 11 is 4.84. The first-order valence-corrected chi connectivity index (χ1v) is 6.47. The molecule has 0 heterocycles. The average molecular weight is 244 g/mol. The molecule has 0 radical (unpaired) electrons. The first-order valence-electron chi connectivity index (χ1n) is 6.06. The quantitative estimate of drug-likeness (QED) is 0.526. The van der Waals surface area contributed by atoms with Gasteiger partial charge in [-0.25, -0.2) is 0 Å². The van der Waals surface area contributed by atoms with Gasteiger partial charge in [0.25, 0.3) is 0 Å². The van der Waals surface area contributed by atoms with Gasteiger partial charge in [0.15, 0.2) is 0 Å². The summed E-state index contributed by atoms with van der Waals surface area (Å²) in [4.78, 5) is 14.3. The van der Waals surface area contributed by atoms with E-state index in [4.69, 9.17) is 18.0 Å². The predicted octanol–water partition coefficient (Wildman–Crippen LogP) is 2.34. The molecule has 2 N–H and O–H groups in total. The van der Waals surface area contributed by atoms with E-state index in [0.717, 1.165) is 19.4 Å². The minimum Gasteiger partial charge on any atom is -0.393 e. The zero-order valence-corrected chi connectivity index (χ0v) is 11.5. The van der Waals surface area contributed by atoms with Gasteiger partial charge in [0.2, 0.25) is 5.91 Å². The topological polar surface area (TPSA) is 46.3 Å². The van der Waals surface area contributed by atoms with Crippen molar-refractivity contribution in [1.82, 2.24) is 4.90 Å². The van der Waals surface area contributed by atoms with Crippen molar-refractivity contribution in [2.45, 2.75) is 46.5 Å². The van der Waals surface area contributed by atoms with Gasteiger partial charge in [0, 0.05) is 25.4 Å². The SMILES string of the molecule is CCCCCN(CCC(N)=S)C(=O)C(C)C. The summed E-state index contributed by atoms with van der Waals surface area (Å²) in [5, 5.41) is 0. The Morgan fingerprint density at radius 3 is 2.38 bits per heavy atom. The van der Waals surface area contributed by atoms with Crippen LogP contribution in [0.4, 0.5) is 0 Å². The second kappa shape index (κ2) is 8.50. The molecule has 0 saturated carbocycles. The highest BCUT2D eigenvalue weighted by molar-refractivity contribution is 7.80. The van der Waals surface area contributed by atoms with Crippen molar-refractivity contribution >= 4 is 23.1 Å². The Balaban J connectivity index is 4.15. The summed E-state index contributed by atoms with van der Waals surface area (Å²) in [5.74, 6) is 0.250. The molecular formula is C12H24N2OS. The third kappa shape index (κ3) is 6.77. The van der Waals surface area contributed by atoms with Crippen LogP contribution in [0.2, 0.25) is 0 Å². The molecule has 0 aromatic carbocycles. The largest absolute Gasteiger partial charge is 0.393 e. The molecule has 0 aliphatic carbocycles. The van der Waals surface area contributed by atoms with Crippen molar-refractivity contribution in [3.63, 3.8) is 0 Å². The van der Waals surface area contributed by atoms with Gasteiger partial charge in [-0.05, 0) is 6.42 Å². The standard InChI is InChI=1S/C12H24N2OS/c1-4-5-6-8-14(9-7-11(13)16)12(15)10(2)3/h10H,4-9H2,1-3H3,(H2,13,16). The number of carbonyl (C=O) groups excluding carboxylic acids is 1. The van der Waals surface area contributed by atoms with Crippen molar-refractivity contribution in [1.29, 1.82) is 0 Å². The maximum atomic E-state index is 11.9. The van der Waals surface area contributed by atoms with E-state index in [9.17, 15) is 4.79 Å². The molecule has 0 aromatic rings. The summed E-state index contributed by atoms with van der Waals surface area (Å²) < 4.78 is 0. The van der Waals surface area contributed by atoms with Crippen molar-refractivity contribution in [3.8, 4) is 0 Å². The number of amides is 1. The highest BCUT2D eigenvalue weighted by atomic mass is 32.1. The number of hydrogen-bond donors (Lipinski definition) is 1. The second-order valence-corrected chi connectivity index (χ2v) is 4.93. The third-order valence-electron chi connectivity index (χ3n) is 2.47. The van der Waals surface area contributed by atoms with E-state index >= 15 is 0 Å². The number of carbonyl (C=O) groups is 1. The van der Waals surface area contributed by atoms with Crippen LogP contribution in [0.1, 0.15) is 46.5 Å². The molecule has 0 unspecified atom stereocenters. The average Bonchev–Trinajstić information content (AvgIpc) is 2.21. The maximum absolute atomic E-state index is 11.9. The van der Waals surface area contributed by atoms with Crippen LogP contribution in [0.3, 0.4) is 0 Å². The van der Waals surface area contributed by atoms with E-state index in [0.29, 0.717) is 18.0 Å². The summed E-state index contributed by atoms with van der Waals surface area (Å²) in [6.07, 6.45) is 4.01. The molecule has 0 aliphatic heterocycles. The molecule has 0 bridgehead atoms. The van der Waals surface area contributed by atoms with Crippen LogP contribution >= 0.6 is 12.2 Å². The Morgan fingerprint density at radius 1 is 1.31 bits per heavy atom. The van der Waals surface area contributed by atoms with Crippen LogP contribution in [0.15, 0.2) is 0 Å². The van der Waals surface area contributed by atoms with Crippen LogP contribution in [0.25, 0.3) is 0 Å². The van der Waals surface area contributed by atoms with Crippen LogP contribution in [0.5, 0.6) is 0 Å². The predicted molar refractivity (Wildman–Crippen MR) is 72.3 cm³/mol. The van der Waals surface area contributed by atoms with E-state index in [1.54, 1.807) is 0 Å². The number of thiocarbonyl (C=S) groups is 1. The number of unbranched alkanes of at least 4 members (excludes halogenated alkanes) is 2. The Kier molecular flexibility index (Phi) is 8.16. The van der Waals surface area contributed by atoms with Gasteiger partial charge < -0.3 is 10.6 Å². The Hall–Kier alpha value is -0.640. The first kappa shape index (κ1) is 15.4. The molecule has 1 amide bonds. The molecule has 4 heteroatoms. The summed E-state index contributed by atoms with van der Waals surface area (Å²) in [7, 11) is 0. The van der Waals surface area contributed by atoms with Crippen LogP contribution in [-0.4, -0.2) is 28.9 Å². The smallest absolute Gasteiger partial charge is 0.225 e. The first-order chi connectivity index (χ1) is 7.49. The Labute approximate surface area is 104 Å². The monoisotopic (exact) mass is 244 g/mol. The number of nitrogens with two attached hydrogens (primary N) is 1. The van der Waals surface area contributed by atoms with E-state index < -0.39 is 0 Å². The van der Waals surface area contributed by atoms with Gasteiger partial charge in [-0.3, -0.25) is 4.79 Å². The molecule has 94 valence electrons. The van der Waals surface area contributed by atoms with Crippen LogP contribution in [-0.2, 0) is 4.79 Å². The van der Waals surface area contributed by atoms with Crippen molar-refractivity contribution in [2.75, 3.05) is 13.1 Å². The molecule has 0 fully saturated rings. The minimum atomic E-state index is 0.0490. The molecule has 16 heavy (non-hydrogen) atoms. The number of rotatable bonds is 8. The minimum absolute atomic E-state index is 0.0490. The van der Waals surface area contributed by atoms with Gasteiger partial charge >= 0.3 is 0 Å². The third-order valence-corrected chi connectivity index (χ3v) is 2.67. The Morgan fingerprint density at radius 2 is 1.94 bits per heavy atom. The Bertz CT molecular complexity index is 229. The zero-order chi connectivity index (χ0) is 12.6. The summed E-state index contributed by atoms with van der Waals surface area (Å²) in [5.41, 5.74) is 5.47. The maximum Gasteiger partial charge on any atom is 0.225 e. The molecule has 0 saturated heterocycles. The van der Waals surface area contributed by atoms with Gasteiger partial charge in [-0.15, -0.1) is 0 Å². The highest BCUT2D eigenvalue weighted by Gasteiger charge is 2.16. The fraction of sp³-hybridized carbons (Fsp3) is 0.833. The lowest BCUT2D eigenvalue weighted by atomic mass is 10.1. The molecular weight excluding hydrogens is 220 g/mol. The summed E-state index contributed by atoms with van der Waals surface area (Å²) in [6.45, 7) is 7.50. The fourth-order valence-corrected chi connectivity index (χ4v) is 1.59. The normalized spacial score (nSPS) is 10.5. The van der Waals surface area contributed by atoms with E-state index in [-0.39, 0.29) is 11.8 Å². The van der Waals surface area contributed by atoms with E-state index in [1.165, 1.54) is 6.42 Å². The zero-order valence-electron chi connectivity index (χ0n) is 10.7. The molecule has 0 aliphatic rings. The van der Waals surface area contributed by atoms with Crippen LogP contribution in [0, 0.1) is 5.92 Å². The lowest BCUT2D eigenvalue weighted by molar-refractivity contribution is -0.134. The lowest BCUT2D eigenvalue weighted by Gasteiger charge is -2.24. The molecule has 0 rings (SSSR count). The van der Waals surface area contributed by atoms with Crippen molar-refractivity contribution in [2.24, 2.45) is 11.7 Å². The lowest BCUT2D eigenvalue weighted by Crippen LogP contribution is -2.37. The molecule has 0 aromatic heterocycles. The van der Waals surface area contributed by atoms with Crippen molar-refractivity contribution < 1.29 is 4.79 Å². The molecule has 0 spiro atoms. The number of nitrogens with zero attached hydrogens (tertiary/aromatic N) is 1. The number of hydrogen-bond acceptors (Lipinski definition) is 2. The van der Waals surface area contributed by atoms with Gasteiger partial charge in [-0.1, -0.05) is 45.8 Å². The van der Waals surface area contributed by atoms with E-state index in [2.05, 4.69) is 6.92 Å². The van der Waals surface area contributed by atoms with Crippen LogP contribution < -0.4 is 5.73 Å². The highest BCUT2D eigenvalue weighted by Crippen LogP contribution is 2.06.